The number of hydrazone groups is 1. The van der Waals surface area contributed by atoms with Gasteiger partial charge in [-0.3, -0.25) is 0 Å². The molecular formula is C16H21N7O3. The van der Waals surface area contributed by atoms with E-state index in [0.717, 1.165) is 5.56 Å². The molecule has 1 saturated heterocycles. The first kappa shape index (κ1) is 17.5. The number of nitrogens with two attached hydrogens (primary N) is 2. The van der Waals surface area contributed by atoms with Crippen LogP contribution in [0, 0.1) is 0 Å². The second-order valence-corrected chi connectivity index (χ2v) is 5.69. The summed E-state index contributed by atoms with van der Waals surface area (Å²) in [6, 6.07) is 11.3. The van der Waals surface area contributed by atoms with Crippen LogP contribution in [-0.4, -0.2) is 48.2 Å². The lowest BCUT2D eigenvalue weighted by Crippen LogP contribution is -2.49. The summed E-state index contributed by atoms with van der Waals surface area (Å²) in [5.74, 6) is 11.7. The third-order valence-corrected chi connectivity index (χ3v) is 4.06. The van der Waals surface area contributed by atoms with Gasteiger partial charge in [0.25, 0.3) is 0 Å². The average Bonchev–Trinajstić information content (AvgIpc) is 3.18. The summed E-state index contributed by atoms with van der Waals surface area (Å²) in [6.07, 6.45) is -0.320. The minimum absolute atomic E-state index is 0.201. The maximum absolute atomic E-state index is 12.2. The highest BCUT2D eigenvalue weighted by molar-refractivity contribution is 5.96. The zero-order chi connectivity index (χ0) is 18.4. The molecule has 1 aromatic carbocycles. The number of rotatable bonds is 4. The Kier molecular flexibility index (Phi) is 5.54. The van der Waals surface area contributed by atoms with Crippen LogP contribution in [0.1, 0.15) is 11.3 Å². The van der Waals surface area contributed by atoms with Gasteiger partial charge in [-0.25, -0.2) is 10.6 Å². The quantitative estimate of drug-likeness (QED) is 0.305. The average molecular weight is 359 g/mol. The maximum atomic E-state index is 12.2. The smallest absolute Gasteiger partial charge is 0.410 e. The van der Waals surface area contributed by atoms with Crippen molar-refractivity contribution in [2.24, 2.45) is 16.8 Å². The number of nitrogens with one attached hydrogen (secondary N) is 1. The fourth-order valence-electron chi connectivity index (χ4n) is 2.63. The van der Waals surface area contributed by atoms with E-state index in [-0.39, 0.29) is 18.5 Å². The summed E-state index contributed by atoms with van der Waals surface area (Å²) in [5, 5.41) is 7.46. The van der Waals surface area contributed by atoms with Crippen LogP contribution in [0.3, 0.4) is 0 Å². The Hall–Kier alpha value is -3.27. The number of amides is 1. The van der Waals surface area contributed by atoms with Crippen LogP contribution in [0.15, 0.2) is 46.0 Å². The molecule has 0 unspecified atom stereocenters. The van der Waals surface area contributed by atoms with E-state index < -0.39 is 0 Å². The molecule has 0 saturated carbocycles. The van der Waals surface area contributed by atoms with Crippen LogP contribution in [0.4, 0.5) is 10.6 Å². The molecule has 2 aromatic rings. The van der Waals surface area contributed by atoms with Gasteiger partial charge >= 0.3 is 6.09 Å². The SMILES string of the molecule is N/N=C(\NN)c1cc(N2CCN(C(=O)OCc3ccccc3)CC2)no1. The first-order valence-corrected chi connectivity index (χ1v) is 8.13. The molecular weight excluding hydrogens is 338 g/mol. The number of carbonyl (C=O) groups excluding carboxylic acids is 1. The van der Waals surface area contributed by atoms with E-state index in [4.69, 9.17) is 20.9 Å². The van der Waals surface area contributed by atoms with E-state index in [9.17, 15) is 4.79 Å². The molecule has 1 aromatic heterocycles. The van der Waals surface area contributed by atoms with E-state index in [1.807, 2.05) is 35.2 Å². The number of piperazine rings is 1. The first-order valence-electron chi connectivity index (χ1n) is 8.13. The van der Waals surface area contributed by atoms with Gasteiger partial charge < -0.3 is 30.3 Å². The van der Waals surface area contributed by atoms with E-state index in [0.29, 0.717) is 37.8 Å². The number of nitrogens with zero attached hydrogens (tertiary/aromatic N) is 4. The Balaban J connectivity index is 1.50. The predicted molar refractivity (Wildman–Crippen MR) is 95.0 cm³/mol. The van der Waals surface area contributed by atoms with Crippen molar-refractivity contribution in [1.82, 2.24) is 15.5 Å². The second kappa shape index (κ2) is 8.21. The number of hydrogen-bond acceptors (Lipinski definition) is 8. The number of benzene rings is 1. The van der Waals surface area contributed by atoms with Crippen molar-refractivity contribution in [2.75, 3.05) is 31.1 Å². The van der Waals surface area contributed by atoms with Gasteiger partial charge in [-0.15, -0.1) is 0 Å². The van der Waals surface area contributed by atoms with Crippen LogP contribution in [-0.2, 0) is 11.3 Å². The van der Waals surface area contributed by atoms with Gasteiger partial charge in [0.2, 0.25) is 11.6 Å². The molecule has 0 aliphatic carbocycles. The van der Waals surface area contributed by atoms with E-state index in [1.165, 1.54) is 0 Å². The molecule has 0 spiro atoms. The Morgan fingerprint density at radius 1 is 1.27 bits per heavy atom. The van der Waals surface area contributed by atoms with Gasteiger partial charge in [-0.1, -0.05) is 35.5 Å². The summed E-state index contributed by atoms with van der Waals surface area (Å²) in [7, 11) is 0. The van der Waals surface area contributed by atoms with Gasteiger partial charge in [0.15, 0.2) is 5.82 Å². The summed E-state index contributed by atoms with van der Waals surface area (Å²) in [6.45, 7) is 2.54. The lowest BCUT2D eigenvalue weighted by Gasteiger charge is -2.33. The molecule has 138 valence electrons. The van der Waals surface area contributed by atoms with Crippen LogP contribution >= 0.6 is 0 Å². The topological polar surface area (TPSA) is 135 Å². The summed E-state index contributed by atoms with van der Waals surface area (Å²) < 4.78 is 10.5. The van der Waals surface area contributed by atoms with Crippen LogP contribution in [0.2, 0.25) is 0 Å². The molecule has 1 amide bonds. The van der Waals surface area contributed by atoms with Crippen molar-refractivity contribution < 1.29 is 14.1 Å². The van der Waals surface area contributed by atoms with Crippen molar-refractivity contribution in [2.45, 2.75) is 6.61 Å². The van der Waals surface area contributed by atoms with Crippen molar-refractivity contribution in [3.8, 4) is 0 Å². The molecule has 2 heterocycles. The summed E-state index contributed by atoms with van der Waals surface area (Å²) in [5.41, 5.74) is 3.30. The van der Waals surface area contributed by atoms with Gasteiger partial charge in [0.05, 0.1) is 0 Å². The fourth-order valence-corrected chi connectivity index (χ4v) is 2.63. The standard InChI is InChI=1S/C16H21N7O3/c17-19-15(20-18)13-10-14(21-26-13)22-6-8-23(9-7-22)16(24)25-11-12-4-2-1-3-5-12/h1-5,10H,6-9,11,17-18H2,(H,19,20). The normalized spacial score (nSPS) is 15.0. The molecule has 10 heteroatoms. The molecule has 1 fully saturated rings. The minimum Gasteiger partial charge on any atom is -0.445 e. The highest BCUT2D eigenvalue weighted by Crippen LogP contribution is 2.17. The number of hydrogen-bond donors (Lipinski definition) is 3. The van der Waals surface area contributed by atoms with Gasteiger partial charge in [-0.05, 0) is 5.56 Å². The molecule has 0 bridgehead atoms. The molecule has 1 aliphatic heterocycles. The number of carbonyl (C=O) groups is 1. The zero-order valence-corrected chi connectivity index (χ0v) is 14.2. The monoisotopic (exact) mass is 359 g/mol. The lowest BCUT2D eigenvalue weighted by molar-refractivity contribution is 0.0941. The van der Waals surface area contributed by atoms with Gasteiger partial charge in [0.1, 0.15) is 6.61 Å². The highest BCUT2D eigenvalue weighted by Gasteiger charge is 2.24. The Morgan fingerprint density at radius 3 is 2.65 bits per heavy atom. The Labute approximate surface area is 150 Å². The fraction of sp³-hybridized carbons (Fsp3) is 0.312. The second-order valence-electron chi connectivity index (χ2n) is 5.69. The van der Waals surface area contributed by atoms with Crippen LogP contribution < -0.4 is 22.0 Å². The number of amidine groups is 1. The van der Waals surface area contributed by atoms with Crippen molar-refractivity contribution in [3.63, 3.8) is 0 Å². The molecule has 10 nitrogen and oxygen atoms in total. The number of aromatic nitrogens is 1. The molecule has 1 aliphatic rings. The predicted octanol–water partition coefficient (Wildman–Crippen LogP) is 0.217. The third kappa shape index (κ3) is 4.03. The molecule has 0 radical (unpaired) electrons. The van der Waals surface area contributed by atoms with Gasteiger partial charge in [-0.2, -0.15) is 5.10 Å². The zero-order valence-electron chi connectivity index (χ0n) is 14.2. The number of anilines is 1. The molecule has 3 rings (SSSR count). The van der Waals surface area contributed by atoms with Gasteiger partial charge in [0, 0.05) is 32.2 Å². The van der Waals surface area contributed by atoms with Crippen molar-refractivity contribution >= 4 is 17.7 Å². The van der Waals surface area contributed by atoms with Crippen molar-refractivity contribution in [1.29, 1.82) is 0 Å². The molecule has 26 heavy (non-hydrogen) atoms. The third-order valence-electron chi connectivity index (χ3n) is 4.06. The summed E-state index contributed by atoms with van der Waals surface area (Å²) in [4.78, 5) is 15.9. The Bertz CT molecular complexity index is 754. The van der Waals surface area contributed by atoms with Crippen molar-refractivity contribution in [3.05, 3.63) is 47.7 Å². The highest BCUT2D eigenvalue weighted by atomic mass is 16.6. The number of hydrazine groups is 1. The molecule has 0 atom stereocenters. The Morgan fingerprint density at radius 2 is 2.00 bits per heavy atom. The largest absolute Gasteiger partial charge is 0.445 e. The maximum Gasteiger partial charge on any atom is 0.410 e. The minimum atomic E-state index is -0.320. The summed E-state index contributed by atoms with van der Waals surface area (Å²) >= 11 is 0. The number of ether oxygens (including phenoxy) is 1. The first-order chi connectivity index (χ1) is 12.7. The van der Waals surface area contributed by atoms with Crippen LogP contribution in [0.25, 0.3) is 0 Å². The van der Waals surface area contributed by atoms with Crippen LogP contribution in [0.5, 0.6) is 0 Å². The van der Waals surface area contributed by atoms with E-state index >= 15 is 0 Å². The lowest BCUT2D eigenvalue weighted by atomic mass is 10.2. The molecule has 5 N–H and O–H groups in total. The van der Waals surface area contributed by atoms with E-state index in [1.54, 1.807) is 11.0 Å². The van der Waals surface area contributed by atoms with E-state index in [2.05, 4.69) is 15.7 Å².